The highest BCUT2D eigenvalue weighted by Crippen LogP contribution is 2.38. The Kier molecular flexibility index (Phi) is 4.74. The average Bonchev–Trinajstić information content (AvgIpc) is 2.39. The van der Waals surface area contributed by atoms with E-state index in [1.165, 1.54) is 30.5 Å². The van der Waals surface area contributed by atoms with Crippen LogP contribution < -0.4 is 10.6 Å². The standard InChI is InChI=1S/C18H30N2/c1-5-20(16-8-6-7-14(2)11-16)13-15-12-18(3,4)10-9-17(15)19/h6-8,11,15,17H,5,9-10,12-13,19H2,1-4H3. The molecule has 20 heavy (non-hydrogen) atoms. The zero-order valence-electron chi connectivity index (χ0n) is 13.5. The quantitative estimate of drug-likeness (QED) is 0.900. The predicted octanol–water partition coefficient (Wildman–Crippen LogP) is 3.97. The maximum Gasteiger partial charge on any atom is 0.0368 e. The minimum Gasteiger partial charge on any atom is -0.371 e. The van der Waals surface area contributed by atoms with Gasteiger partial charge >= 0.3 is 0 Å². The number of nitrogens with two attached hydrogens (primary N) is 1. The van der Waals surface area contributed by atoms with Gasteiger partial charge in [0.05, 0.1) is 0 Å². The Balaban J connectivity index is 2.09. The van der Waals surface area contributed by atoms with Crippen LogP contribution in [0.1, 0.15) is 45.6 Å². The lowest BCUT2D eigenvalue weighted by atomic mass is 9.70. The molecule has 0 spiro atoms. The topological polar surface area (TPSA) is 29.3 Å². The SMILES string of the molecule is CCN(CC1CC(C)(C)CCC1N)c1cccc(C)c1. The van der Waals surface area contributed by atoms with Crippen LogP contribution in [0.3, 0.4) is 0 Å². The average molecular weight is 274 g/mol. The van der Waals surface area contributed by atoms with E-state index in [0.717, 1.165) is 13.1 Å². The fourth-order valence-electron chi connectivity index (χ4n) is 3.48. The normalized spacial score (nSPS) is 25.4. The van der Waals surface area contributed by atoms with Crippen LogP contribution >= 0.6 is 0 Å². The highest BCUT2D eigenvalue weighted by molar-refractivity contribution is 5.48. The van der Waals surface area contributed by atoms with Gasteiger partial charge in [-0.3, -0.25) is 0 Å². The minimum atomic E-state index is 0.363. The monoisotopic (exact) mass is 274 g/mol. The molecule has 0 aliphatic heterocycles. The van der Waals surface area contributed by atoms with Crippen LogP contribution in [0.5, 0.6) is 0 Å². The van der Waals surface area contributed by atoms with Crippen LogP contribution in [0.4, 0.5) is 5.69 Å². The first-order valence-corrected chi connectivity index (χ1v) is 7.98. The number of aryl methyl sites for hydroxylation is 1. The zero-order valence-corrected chi connectivity index (χ0v) is 13.5. The molecule has 1 aromatic carbocycles. The second-order valence-electron chi connectivity index (χ2n) is 7.21. The van der Waals surface area contributed by atoms with E-state index in [4.69, 9.17) is 5.73 Å². The molecule has 1 aliphatic rings. The predicted molar refractivity (Wildman–Crippen MR) is 88.2 cm³/mol. The third-order valence-electron chi connectivity index (χ3n) is 4.78. The highest BCUT2D eigenvalue weighted by Gasteiger charge is 2.33. The first kappa shape index (κ1) is 15.4. The minimum absolute atomic E-state index is 0.363. The molecule has 2 unspecified atom stereocenters. The third-order valence-corrected chi connectivity index (χ3v) is 4.78. The Bertz CT molecular complexity index is 439. The Morgan fingerprint density at radius 1 is 1.35 bits per heavy atom. The number of rotatable bonds is 4. The maximum absolute atomic E-state index is 6.38. The summed E-state index contributed by atoms with van der Waals surface area (Å²) >= 11 is 0. The van der Waals surface area contributed by atoms with Gasteiger partial charge in [-0.2, -0.15) is 0 Å². The Hall–Kier alpha value is -1.02. The molecule has 1 saturated carbocycles. The summed E-state index contributed by atoms with van der Waals surface area (Å²) in [5.41, 5.74) is 9.50. The fraction of sp³-hybridized carbons (Fsp3) is 0.667. The van der Waals surface area contributed by atoms with Crippen molar-refractivity contribution in [2.24, 2.45) is 17.1 Å². The van der Waals surface area contributed by atoms with E-state index in [9.17, 15) is 0 Å². The van der Waals surface area contributed by atoms with Crippen molar-refractivity contribution in [3.05, 3.63) is 29.8 Å². The van der Waals surface area contributed by atoms with E-state index in [2.05, 4.69) is 56.9 Å². The number of benzene rings is 1. The maximum atomic E-state index is 6.38. The van der Waals surface area contributed by atoms with Crippen LogP contribution in [0.25, 0.3) is 0 Å². The van der Waals surface area contributed by atoms with Gasteiger partial charge in [0.1, 0.15) is 0 Å². The summed E-state index contributed by atoms with van der Waals surface area (Å²) in [5.74, 6) is 0.610. The van der Waals surface area contributed by atoms with E-state index in [1.54, 1.807) is 0 Å². The van der Waals surface area contributed by atoms with Crippen molar-refractivity contribution in [1.82, 2.24) is 0 Å². The van der Waals surface area contributed by atoms with Crippen molar-refractivity contribution in [2.45, 2.75) is 53.0 Å². The van der Waals surface area contributed by atoms with E-state index in [1.807, 2.05) is 0 Å². The van der Waals surface area contributed by atoms with Crippen LogP contribution in [0.2, 0.25) is 0 Å². The molecule has 2 rings (SSSR count). The second-order valence-corrected chi connectivity index (χ2v) is 7.21. The molecule has 0 bridgehead atoms. The summed E-state index contributed by atoms with van der Waals surface area (Å²) in [6, 6.07) is 9.17. The molecule has 2 N–H and O–H groups in total. The Morgan fingerprint density at radius 3 is 2.75 bits per heavy atom. The van der Waals surface area contributed by atoms with E-state index in [-0.39, 0.29) is 0 Å². The molecule has 0 aromatic heterocycles. The summed E-state index contributed by atoms with van der Waals surface area (Å²) in [4.78, 5) is 2.49. The number of nitrogens with zero attached hydrogens (tertiary/aromatic N) is 1. The van der Waals surface area contributed by atoms with Crippen LogP contribution in [-0.4, -0.2) is 19.1 Å². The molecule has 2 nitrogen and oxygen atoms in total. The third kappa shape index (κ3) is 3.76. The second kappa shape index (κ2) is 6.17. The lowest BCUT2D eigenvalue weighted by molar-refractivity contribution is 0.160. The van der Waals surface area contributed by atoms with Gasteiger partial charge in [-0.1, -0.05) is 26.0 Å². The van der Waals surface area contributed by atoms with Crippen LogP contribution in [-0.2, 0) is 0 Å². The summed E-state index contributed by atoms with van der Waals surface area (Å²) in [7, 11) is 0. The van der Waals surface area contributed by atoms with Gasteiger partial charge in [0.2, 0.25) is 0 Å². The van der Waals surface area contributed by atoms with Crippen molar-refractivity contribution in [1.29, 1.82) is 0 Å². The Morgan fingerprint density at radius 2 is 2.10 bits per heavy atom. The molecule has 2 atom stereocenters. The van der Waals surface area contributed by atoms with Crippen molar-refractivity contribution in [2.75, 3.05) is 18.0 Å². The smallest absolute Gasteiger partial charge is 0.0368 e. The number of hydrogen-bond donors (Lipinski definition) is 1. The molecule has 0 radical (unpaired) electrons. The lowest BCUT2D eigenvalue weighted by Gasteiger charge is -2.41. The fourth-order valence-corrected chi connectivity index (χ4v) is 3.48. The van der Waals surface area contributed by atoms with Gasteiger partial charge < -0.3 is 10.6 Å². The summed E-state index contributed by atoms with van der Waals surface area (Å²) in [6.45, 7) is 11.3. The molecule has 2 heteroatoms. The van der Waals surface area contributed by atoms with Gasteiger partial charge in [0.25, 0.3) is 0 Å². The molecule has 1 aromatic rings. The zero-order chi connectivity index (χ0) is 14.8. The number of hydrogen-bond acceptors (Lipinski definition) is 2. The van der Waals surface area contributed by atoms with Crippen molar-refractivity contribution in [3.63, 3.8) is 0 Å². The van der Waals surface area contributed by atoms with E-state index < -0.39 is 0 Å². The van der Waals surface area contributed by atoms with Crippen molar-refractivity contribution < 1.29 is 0 Å². The summed E-state index contributed by atoms with van der Waals surface area (Å²) in [5, 5.41) is 0. The van der Waals surface area contributed by atoms with Gasteiger partial charge in [0, 0.05) is 24.8 Å². The van der Waals surface area contributed by atoms with Crippen LogP contribution in [0.15, 0.2) is 24.3 Å². The number of anilines is 1. The first-order valence-electron chi connectivity index (χ1n) is 7.98. The molecule has 0 saturated heterocycles. The van der Waals surface area contributed by atoms with Gasteiger partial charge in [-0.05, 0) is 62.1 Å². The Labute approximate surface area is 124 Å². The summed E-state index contributed by atoms with van der Waals surface area (Å²) in [6.07, 6.45) is 3.68. The first-order chi connectivity index (χ1) is 9.41. The van der Waals surface area contributed by atoms with Crippen molar-refractivity contribution >= 4 is 5.69 Å². The van der Waals surface area contributed by atoms with E-state index in [0.29, 0.717) is 17.4 Å². The van der Waals surface area contributed by atoms with E-state index >= 15 is 0 Å². The molecular weight excluding hydrogens is 244 g/mol. The van der Waals surface area contributed by atoms with Crippen LogP contribution in [0, 0.1) is 18.3 Å². The molecule has 1 fully saturated rings. The lowest BCUT2D eigenvalue weighted by Crippen LogP contribution is -2.45. The molecule has 0 amide bonds. The molecular formula is C18H30N2. The van der Waals surface area contributed by atoms with Gasteiger partial charge in [0.15, 0.2) is 0 Å². The van der Waals surface area contributed by atoms with Gasteiger partial charge in [-0.15, -0.1) is 0 Å². The summed E-state index contributed by atoms with van der Waals surface area (Å²) < 4.78 is 0. The molecule has 112 valence electrons. The largest absolute Gasteiger partial charge is 0.371 e. The molecule has 0 heterocycles. The van der Waals surface area contributed by atoms with Crippen molar-refractivity contribution in [3.8, 4) is 0 Å². The molecule has 1 aliphatic carbocycles. The highest BCUT2D eigenvalue weighted by atomic mass is 15.1. The van der Waals surface area contributed by atoms with Gasteiger partial charge in [-0.25, -0.2) is 0 Å².